The van der Waals surface area contributed by atoms with E-state index in [9.17, 15) is 9.90 Å². The fourth-order valence-electron chi connectivity index (χ4n) is 1.75. The highest BCUT2D eigenvalue weighted by Gasteiger charge is 2.05. The molecule has 21 heavy (non-hydrogen) atoms. The topological polar surface area (TPSA) is 49.3 Å². The lowest BCUT2D eigenvalue weighted by Gasteiger charge is -2.07. The van der Waals surface area contributed by atoms with E-state index < -0.39 is 6.10 Å². The summed E-state index contributed by atoms with van der Waals surface area (Å²) < 4.78 is 0. The van der Waals surface area contributed by atoms with Gasteiger partial charge in [0, 0.05) is 15.6 Å². The molecule has 0 radical (unpaired) electrons. The minimum atomic E-state index is -0.477. The van der Waals surface area contributed by atoms with Gasteiger partial charge in [-0.3, -0.25) is 4.79 Å². The molecule has 1 unspecified atom stereocenters. The number of anilines is 1. The first-order chi connectivity index (χ1) is 10.0. The normalized spacial score (nSPS) is 12.0. The van der Waals surface area contributed by atoms with Crippen LogP contribution in [0.5, 0.6) is 0 Å². The largest absolute Gasteiger partial charge is 0.389 e. The summed E-state index contributed by atoms with van der Waals surface area (Å²) in [5, 5.41) is 12.8. The summed E-state index contributed by atoms with van der Waals surface area (Å²) in [4.78, 5) is 12.8. The lowest BCUT2D eigenvalue weighted by Crippen LogP contribution is -2.13. The van der Waals surface area contributed by atoms with Gasteiger partial charge in [-0.05, 0) is 42.8 Å². The molecule has 0 saturated heterocycles. The Hall–Kier alpha value is -1.49. The molecule has 0 aromatic heterocycles. The van der Waals surface area contributed by atoms with Crippen molar-refractivity contribution in [3.8, 4) is 0 Å². The van der Waals surface area contributed by atoms with Crippen LogP contribution in [0.15, 0.2) is 53.4 Å². The molecule has 0 aliphatic heterocycles. The number of rotatable bonds is 5. The van der Waals surface area contributed by atoms with Crippen molar-refractivity contribution in [1.82, 2.24) is 0 Å². The maximum atomic E-state index is 11.9. The van der Waals surface area contributed by atoms with Crippen LogP contribution in [0.4, 0.5) is 5.69 Å². The average molecular weight is 322 g/mol. The van der Waals surface area contributed by atoms with Crippen LogP contribution in [-0.4, -0.2) is 16.8 Å². The number of carbonyl (C=O) groups excluding carboxylic acids is 1. The number of aliphatic hydroxyl groups excluding tert-OH is 1. The molecule has 0 bridgehead atoms. The Morgan fingerprint density at radius 1 is 1.29 bits per heavy atom. The monoisotopic (exact) mass is 321 g/mol. The average Bonchev–Trinajstić information content (AvgIpc) is 2.45. The molecule has 3 nitrogen and oxygen atoms in total. The van der Waals surface area contributed by atoms with Crippen LogP contribution in [-0.2, 0) is 4.79 Å². The summed E-state index contributed by atoms with van der Waals surface area (Å²) in [5.74, 6) is 0.238. The van der Waals surface area contributed by atoms with Crippen LogP contribution < -0.4 is 5.32 Å². The van der Waals surface area contributed by atoms with Crippen LogP contribution >= 0.6 is 23.4 Å². The Bertz CT molecular complexity index is 614. The second kappa shape index (κ2) is 7.50. The minimum absolute atomic E-state index is 0.0816. The van der Waals surface area contributed by atoms with Crippen molar-refractivity contribution >= 4 is 35.0 Å². The van der Waals surface area contributed by atoms with Crippen LogP contribution in [0.25, 0.3) is 0 Å². The molecule has 0 saturated carbocycles. The highest BCUT2D eigenvalue weighted by atomic mass is 35.5. The van der Waals surface area contributed by atoms with Crippen LogP contribution in [0.2, 0.25) is 5.02 Å². The molecular weight excluding hydrogens is 306 g/mol. The fourth-order valence-corrected chi connectivity index (χ4v) is 2.64. The zero-order valence-corrected chi connectivity index (χ0v) is 13.1. The molecule has 1 amide bonds. The Balaban J connectivity index is 1.86. The first-order valence-electron chi connectivity index (χ1n) is 6.51. The van der Waals surface area contributed by atoms with Gasteiger partial charge in [0.2, 0.25) is 5.91 Å². The van der Waals surface area contributed by atoms with Gasteiger partial charge in [-0.25, -0.2) is 0 Å². The summed E-state index contributed by atoms with van der Waals surface area (Å²) in [6.07, 6.45) is -0.477. The van der Waals surface area contributed by atoms with E-state index in [0.29, 0.717) is 16.5 Å². The van der Waals surface area contributed by atoms with Gasteiger partial charge < -0.3 is 10.4 Å². The third kappa shape index (κ3) is 5.08. The molecule has 0 aliphatic carbocycles. The van der Waals surface area contributed by atoms with E-state index in [1.165, 1.54) is 11.8 Å². The van der Waals surface area contributed by atoms with Gasteiger partial charge in [0.15, 0.2) is 0 Å². The van der Waals surface area contributed by atoms with E-state index in [2.05, 4.69) is 5.32 Å². The molecule has 2 aromatic carbocycles. The molecule has 0 spiro atoms. The summed E-state index contributed by atoms with van der Waals surface area (Å²) in [6.45, 7) is 1.72. The van der Waals surface area contributed by atoms with Crippen molar-refractivity contribution in [1.29, 1.82) is 0 Å². The predicted molar refractivity (Wildman–Crippen MR) is 87.9 cm³/mol. The van der Waals surface area contributed by atoms with E-state index in [-0.39, 0.29) is 5.91 Å². The molecule has 0 aliphatic rings. The first kappa shape index (κ1) is 15.9. The summed E-state index contributed by atoms with van der Waals surface area (Å²) in [5.41, 5.74) is 1.56. The van der Waals surface area contributed by atoms with Crippen molar-refractivity contribution in [2.45, 2.75) is 17.9 Å². The number of thioether (sulfide) groups is 1. The van der Waals surface area contributed by atoms with Gasteiger partial charge in [-0.15, -0.1) is 11.8 Å². The number of nitrogens with one attached hydrogen (secondary N) is 1. The van der Waals surface area contributed by atoms with Crippen LogP contribution in [0.3, 0.4) is 0 Å². The summed E-state index contributed by atoms with van der Waals surface area (Å²) in [7, 11) is 0. The minimum Gasteiger partial charge on any atom is -0.389 e. The van der Waals surface area contributed by atoms with E-state index in [1.807, 2.05) is 24.3 Å². The smallest absolute Gasteiger partial charge is 0.234 e. The number of hydrogen-bond donors (Lipinski definition) is 2. The van der Waals surface area contributed by atoms with Gasteiger partial charge in [0.05, 0.1) is 11.9 Å². The Labute approximate surface area is 133 Å². The quantitative estimate of drug-likeness (QED) is 0.814. The van der Waals surface area contributed by atoms with Gasteiger partial charge in [-0.2, -0.15) is 0 Å². The van der Waals surface area contributed by atoms with Gasteiger partial charge in [0.25, 0.3) is 0 Å². The molecule has 0 heterocycles. The zero-order valence-electron chi connectivity index (χ0n) is 11.5. The maximum Gasteiger partial charge on any atom is 0.234 e. The molecule has 5 heteroatoms. The fraction of sp³-hybridized carbons (Fsp3) is 0.188. The molecule has 2 aromatic rings. The first-order valence-corrected chi connectivity index (χ1v) is 7.87. The van der Waals surface area contributed by atoms with Crippen molar-refractivity contribution in [2.75, 3.05) is 11.1 Å². The third-order valence-electron chi connectivity index (χ3n) is 2.84. The Morgan fingerprint density at radius 3 is 2.62 bits per heavy atom. The van der Waals surface area contributed by atoms with Crippen molar-refractivity contribution in [3.63, 3.8) is 0 Å². The molecule has 2 N–H and O–H groups in total. The van der Waals surface area contributed by atoms with Crippen LogP contribution in [0, 0.1) is 0 Å². The molecule has 0 fully saturated rings. The Kier molecular flexibility index (Phi) is 5.67. The zero-order chi connectivity index (χ0) is 15.2. The number of hydrogen-bond acceptors (Lipinski definition) is 3. The van der Waals surface area contributed by atoms with Crippen LogP contribution in [0.1, 0.15) is 18.6 Å². The van der Waals surface area contributed by atoms with E-state index in [1.54, 1.807) is 31.2 Å². The second-order valence-corrected chi connectivity index (χ2v) is 6.08. The predicted octanol–water partition coefficient (Wildman–Crippen LogP) is 4.12. The highest BCUT2D eigenvalue weighted by molar-refractivity contribution is 8.00. The highest BCUT2D eigenvalue weighted by Crippen LogP contribution is 2.21. The number of halogens is 1. The van der Waals surface area contributed by atoms with Crippen molar-refractivity contribution in [3.05, 3.63) is 59.1 Å². The lowest BCUT2D eigenvalue weighted by molar-refractivity contribution is -0.113. The third-order valence-corrected chi connectivity index (χ3v) is 4.09. The lowest BCUT2D eigenvalue weighted by atomic mass is 10.1. The number of amides is 1. The van der Waals surface area contributed by atoms with E-state index in [4.69, 9.17) is 11.6 Å². The van der Waals surface area contributed by atoms with Gasteiger partial charge >= 0.3 is 0 Å². The Morgan fingerprint density at radius 2 is 2.00 bits per heavy atom. The number of carbonyl (C=O) groups is 1. The molecular formula is C16H16ClNO2S. The van der Waals surface area contributed by atoms with Crippen molar-refractivity contribution in [2.24, 2.45) is 0 Å². The second-order valence-electron chi connectivity index (χ2n) is 4.59. The van der Waals surface area contributed by atoms with Gasteiger partial charge in [-0.1, -0.05) is 29.8 Å². The van der Waals surface area contributed by atoms with Crippen molar-refractivity contribution < 1.29 is 9.90 Å². The van der Waals surface area contributed by atoms with E-state index in [0.717, 1.165) is 10.5 Å². The standard InChI is InChI=1S/C16H16ClNO2S/c1-11(19)12-5-7-15(8-6-12)21-10-16(20)18-14-4-2-3-13(17)9-14/h2-9,11,19H,10H2,1H3,(H,18,20). The number of aliphatic hydroxyl groups is 1. The van der Waals surface area contributed by atoms with E-state index >= 15 is 0 Å². The molecule has 1 atom stereocenters. The van der Waals surface area contributed by atoms with Gasteiger partial charge in [0.1, 0.15) is 0 Å². The number of benzene rings is 2. The summed E-state index contributed by atoms with van der Waals surface area (Å²) >= 11 is 7.31. The SMILES string of the molecule is CC(O)c1ccc(SCC(=O)Nc2cccc(Cl)c2)cc1. The molecule has 110 valence electrons. The maximum absolute atomic E-state index is 11.9. The molecule has 2 rings (SSSR count). The summed E-state index contributed by atoms with van der Waals surface area (Å²) in [6, 6.07) is 14.6.